The maximum absolute atomic E-state index is 11.8. The Hall–Kier alpha value is -1.29. The molecular formula is C16H26N2O2. The molecule has 1 aliphatic carbocycles. The Kier molecular flexibility index (Phi) is 5.24. The highest BCUT2D eigenvalue weighted by Gasteiger charge is 2.20. The van der Waals surface area contributed by atoms with Crippen LogP contribution < -0.4 is 5.32 Å². The molecule has 0 amide bonds. The smallest absolute Gasteiger partial charge is 0.326 e. The van der Waals surface area contributed by atoms with Gasteiger partial charge in [0.2, 0.25) is 0 Å². The Bertz CT molecular complexity index is 451. The van der Waals surface area contributed by atoms with E-state index in [1.54, 1.807) is 0 Å². The van der Waals surface area contributed by atoms with Crippen molar-refractivity contribution in [2.45, 2.75) is 65.1 Å². The van der Waals surface area contributed by atoms with Crippen LogP contribution in [0.2, 0.25) is 0 Å². The van der Waals surface area contributed by atoms with Crippen molar-refractivity contribution < 1.29 is 9.53 Å². The Balaban J connectivity index is 2.10. The predicted octanol–water partition coefficient (Wildman–Crippen LogP) is 2.82. The van der Waals surface area contributed by atoms with Crippen molar-refractivity contribution in [3.8, 4) is 0 Å². The van der Waals surface area contributed by atoms with Gasteiger partial charge in [0.15, 0.2) is 0 Å². The van der Waals surface area contributed by atoms with Crippen molar-refractivity contribution >= 4 is 5.97 Å². The van der Waals surface area contributed by atoms with E-state index in [0.29, 0.717) is 12.6 Å². The van der Waals surface area contributed by atoms with Gasteiger partial charge < -0.3 is 14.6 Å². The zero-order valence-corrected chi connectivity index (χ0v) is 12.8. The first kappa shape index (κ1) is 15.1. The Morgan fingerprint density at radius 1 is 1.45 bits per heavy atom. The molecule has 1 N–H and O–H groups in total. The van der Waals surface area contributed by atoms with Crippen LogP contribution in [-0.4, -0.2) is 23.2 Å². The Labute approximate surface area is 121 Å². The van der Waals surface area contributed by atoms with Crippen molar-refractivity contribution in [1.82, 2.24) is 9.88 Å². The highest BCUT2D eigenvalue weighted by molar-refractivity contribution is 5.69. The van der Waals surface area contributed by atoms with Gasteiger partial charge in [-0.3, -0.25) is 4.79 Å². The number of hydrogen-bond donors (Lipinski definition) is 1. The SMILES string of the molecule is CCNC1CCCCc2cn(CC(=O)OC(C)C)cc21. The highest BCUT2D eigenvalue weighted by atomic mass is 16.5. The minimum Gasteiger partial charge on any atom is -0.462 e. The summed E-state index contributed by atoms with van der Waals surface area (Å²) in [5.41, 5.74) is 2.74. The molecule has 0 bridgehead atoms. The molecule has 1 heterocycles. The first-order chi connectivity index (χ1) is 9.60. The molecule has 0 fully saturated rings. The van der Waals surface area contributed by atoms with Crippen LogP contribution in [0.15, 0.2) is 12.4 Å². The summed E-state index contributed by atoms with van der Waals surface area (Å²) >= 11 is 0. The van der Waals surface area contributed by atoms with Gasteiger partial charge in [-0.15, -0.1) is 0 Å². The standard InChI is InChI=1S/C16H26N2O2/c1-4-17-15-8-6-5-7-13-9-18(10-14(13)15)11-16(19)20-12(2)3/h9-10,12,15,17H,4-8,11H2,1-3H3. The largest absolute Gasteiger partial charge is 0.462 e. The van der Waals surface area contributed by atoms with Crippen LogP contribution in [0.3, 0.4) is 0 Å². The molecule has 1 aliphatic rings. The Morgan fingerprint density at radius 2 is 2.25 bits per heavy atom. The van der Waals surface area contributed by atoms with Crippen molar-refractivity contribution in [1.29, 1.82) is 0 Å². The van der Waals surface area contributed by atoms with E-state index in [9.17, 15) is 4.79 Å². The fraction of sp³-hybridized carbons (Fsp3) is 0.688. The summed E-state index contributed by atoms with van der Waals surface area (Å²) in [4.78, 5) is 11.8. The fourth-order valence-corrected chi connectivity index (χ4v) is 2.91. The number of ether oxygens (including phenoxy) is 1. The second-order valence-corrected chi connectivity index (χ2v) is 5.81. The van der Waals surface area contributed by atoms with Crippen LogP contribution in [0, 0.1) is 0 Å². The normalized spacial score (nSPS) is 18.7. The molecule has 0 aliphatic heterocycles. The van der Waals surface area contributed by atoms with Gasteiger partial charge >= 0.3 is 5.97 Å². The van der Waals surface area contributed by atoms with Crippen LogP contribution in [0.1, 0.15) is 57.2 Å². The molecule has 112 valence electrons. The molecule has 0 saturated heterocycles. The fourth-order valence-electron chi connectivity index (χ4n) is 2.91. The summed E-state index contributed by atoms with van der Waals surface area (Å²) in [6.07, 6.45) is 8.98. The second kappa shape index (κ2) is 6.93. The lowest BCUT2D eigenvalue weighted by molar-refractivity contribution is -0.148. The van der Waals surface area contributed by atoms with Gasteiger partial charge in [-0.2, -0.15) is 0 Å². The van der Waals surface area contributed by atoms with E-state index in [2.05, 4.69) is 24.6 Å². The lowest BCUT2D eigenvalue weighted by Gasteiger charge is -2.15. The van der Waals surface area contributed by atoms with Crippen molar-refractivity contribution in [2.24, 2.45) is 0 Å². The number of carbonyl (C=O) groups excluding carboxylic acids is 1. The summed E-state index contributed by atoms with van der Waals surface area (Å²) in [6.45, 7) is 7.18. The molecule has 4 heteroatoms. The molecule has 1 atom stereocenters. The topological polar surface area (TPSA) is 43.3 Å². The van der Waals surface area contributed by atoms with Gasteiger partial charge in [0.25, 0.3) is 0 Å². The summed E-state index contributed by atoms with van der Waals surface area (Å²) in [7, 11) is 0. The highest BCUT2D eigenvalue weighted by Crippen LogP contribution is 2.29. The van der Waals surface area contributed by atoms with Gasteiger partial charge in [-0.25, -0.2) is 0 Å². The van der Waals surface area contributed by atoms with E-state index in [0.717, 1.165) is 13.0 Å². The molecule has 0 saturated carbocycles. The zero-order valence-electron chi connectivity index (χ0n) is 12.8. The first-order valence-electron chi connectivity index (χ1n) is 7.71. The van der Waals surface area contributed by atoms with Gasteiger partial charge in [0.1, 0.15) is 6.54 Å². The molecule has 2 rings (SSSR count). The maximum Gasteiger partial charge on any atom is 0.326 e. The van der Waals surface area contributed by atoms with E-state index in [1.165, 1.54) is 30.4 Å². The third-order valence-electron chi connectivity index (χ3n) is 3.69. The quantitative estimate of drug-likeness (QED) is 0.665. The summed E-state index contributed by atoms with van der Waals surface area (Å²) in [5.74, 6) is -0.162. The predicted molar refractivity (Wildman–Crippen MR) is 79.6 cm³/mol. The van der Waals surface area contributed by atoms with Gasteiger partial charge in [0, 0.05) is 18.4 Å². The minimum absolute atomic E-state index is 0.0506. The van der Waals surface area contributed by atoms with E-state index < -0.39 is 0 Å². The number of fused-ring (bicyclic) bond motifs is 1. The Morgan fingerprint density at radius 3 is 2.95 bits per heavy atom. The van der Waals surface area contributed by atoms with Gasteiger partial charge in [0.05, 0.1) is 6.10 Å². The number of nitrogens with zero attached hydrogens (tertiary/aromatic N) is 1. The molecule has 20 heavy (non-hydrogen) atoms. The van der Waals surface area contributed by atoms with E-state index in [4.69, 9.17) is 4.74 Å². The molecule has 0 spiro atoms. The zero-order chi connectivity index (χ0) is 14.5. The molecular weight excluding hydrogens is 252 g/mol. The lowest BCUT2D eigenvalue weighted by atomic mass is 10.0. The van der Waals surface area contributed by atoms with E-state index in [-0.39, 0.29) is 12.1 Å². The van der Waals surface area contributed by atoms with Crippen LogP contribution >= 0.6 is 0 Å². The summed E-state index contributed by atoms with van der Waals surface area (Å²) in [5, 5.41) is 3.55. The average molecular weight is 278 g/mol. The molecule has 0 aromatic carbocycles. The number of esters is 1. The van der Waals surface area contributed by atoms with Crippen molar-refractivity contribution in [3.63, 3.8) is 0 Å². The molecule has 1 aromatic rings. The molecule has 1 unspecified atom stereocenters. The monoisotopic (exact) mass is 278 g/mol. The number of aromatic nitrogens is 1. The number of nitrogens with one attached hydrogen (secondary N) is 1. The minimum atomic E-state index is -0.162. The lowest BCUT2D eigenvalue weighted by Crippen LogP contribution is -2.20. The summed E-state index contributed by atoms with van der Waals surface area (Å²) in [6, 6.07) is 0.430. The second-order valence-electron chi connectivity index (χ2n) is 5.81. The van der Waals surface area contributed by atoms with Crippen LogP contribution in [0.5, 0.6) is 0 Å². The third kappa shape index (κ3) is 3.85. The molecule has 4 nitrogen and oxygen atoms in total. The summed E-state index contributed by atoms with van der Waals surface area (Å²) < 4.78 is 7.19. The van der Waals surface area contributed by atoms with E-state index in [1.807, 2.05) is 18.4 Å². The number of rotatable bonds is 5. The van der Waals surface area contributed by atoms with Crippen LogP contribution in [0.25, 0.3) is 0 Å². The maximum atomic E-state index is 11.8. The van der Waals surface area contributed by atoms with Gasteiger partial charge in [-0.05, 0) is 50.8 Å². The average Bonchev–Trinajstić information content (AvgIpc) is 2.66. The number of hydrogen-bond acceptors (Lipinski definition) is 3. The van der Waals surface area contributed by atoms with E-state index >= 15 is 0 Å². The number of carbonyl (C=O) groups is 1. The molecule has 0 radical (unpaired) electrons. The third-order valence-corrected chi connectivity index (χ3v) is 3.69. The van der Waals surface area contributed by atoms with Crippen LogP contribution in [-0.2, 0) is 22.5 Å². The van der Waals surface area contributed by atoms with Crippen molar-refractivity contribution in [3.05, 3.63) is 23.5 Å². The van der Waals surface area contributed by atoms with Crippen molar-refractivity contribution in [2.75, 3.05) is 6.54 Å². The first-order valence-corrected chi connectivity index (χ1v) is 7.71. The molecule has 1 aromatic heterocycles. The van der Waals surface area contributed by atoms with Crippen LogP contribution in [0.4, 0.5) is 0 Å². The number of aryl methyl sites for hydroxylation is 1. The van der Waals surface area contributed by atoms with Gasteiger partial charge in [-0.1, -0.05) is 13.3 Å².